The van der Waals surface area contributed by atoms with Crippen molar-refractivity contribution >= 4 is 5.97 Å². The molecule has 4 heteroatoms. The maximum atomic E-state index is 10.3. The minimum atomic E-state index is -0.950. The van der Waals surface area contributed by atoms with E-state index in [1.807, 2.05) is 35.2 Å². The Balaban J connectivity index is 2.51. The highest BCUT2D eigenvalue weighted by atomic mass is 16.4. The number of hydrogen-bond acceptors (Lipinski definition) is 3. The van der Waals surface area contributed by atoms with Crippen molar-refractivity contribution in [2.45, 2.75) is 6.54 Å². The normalized spacial score (nSPS) is 11.2. The van der Waals surface area contributed by atoms with Gasteiger partial charge in [0, 0.05) is 25.7 Å². The van der Waals surface area contributed by atoms with Gasteiger partial charge in [-0.15, -0.1) is 0 Å². The van der Waals surface area contributed by atoms with Crippen LogP contribution in [0.3, 0.4) is 0 Å². The van der Waals surface area contributed by atoms with Gasteiger partial charge in [0.15, 0.2) is 0 Å². The minimum Gasteiger partial charge on any atom is -0.478 e. The summed E-state index contributed by atoms with van der Waals surface area (Å²) in [5.41, 5.74) is 1.14. The number of carboxylic acid groups (broad SMARTS) is 1. The van der Waals surface area contributed by atoms with Gasteiger partial charge in [-0.2, -0.15) is 0 Å². The van der Waals surface area contributed by atoms with Crippen LogP contribution in [0.1, 0.15) is 5.56 Å². The summed E-state index contributed by atoms with van der Waals surface area (Å²) in [6.07, 6.45) is 2.70. The first-order valence-corrected chi connectivity index (χ1v) is 5.49. The van der Waals surface area contributed by atoms with E-state index < -0.39 is 5.97 Å². The highest BCUT2D eigenvalue weighted by Gasteiger charge is 2.03. The van der Waals surface area contributed by atoms with Crippen LogP contribution in [0.4, 0.5) is 0 Å². The Morgan fingerprint density at radius 1 is 1.29 bits per heavy atom. The van der Waals surface area contributed by atoms with Gasteiger partial charge in [-0.3, -0.25) is 4.90 Å². The Bertz CT molecular complexity index is 362. The third-order valence-corrected chi connectivity index (χ3v) is 2.29. The van der Waals surface area contributed by atoms with Crippen LogP contribution in [0.2, 0.25) is 0 Å². The first-order chi connectivity index (χ1) is 8.22. The van der Waals surface area contributed by atoms with Crippen molar-refractivity contribution in [3.63, 3.8) is 0 Å². The van der Waals surface area contributed by atoms with E-state index in [1.165, 1.54) is 0 Å². The monoisotopic (exact) mass is 235 g/mol. The lowest BCUT2D eigenvalue weighted by Gasteiger charge is -2.19. The van der Waals surface area contributed by atoms with Gasteiger partial charge in [0.25, 0.3) is 0 Å². The Hall–Kier alpha value is -1.65. The van der Waals surface area contributed by atoms with Crippen LogP contribution in [0, 0.1) is 0 Å². The molecule has 0 aliphatic carbocycles. The third-order valence-electron chi connectivity index (χ3n) is 2.29. The number of nitrogens with zero attached hydrogens (tertiary/aromatic N) is 1. The smallest absolute Gasteiger partial charge is 0.328 e. The number of aliphatic hydroxyl groups is 1. The van der Waals surface area contributed by atoms with Crippen LogP contribution in [-0.4, -0.2) is 40.8 Å². The molecule has 1 aromatic carbocycles. The third kappa shape index (κ3) is 5.85. The van der Waals surface area contributed by atoms with Crippen molar-refractivity contribution in [3.05, 3.63) is 48.0 Å². The fourth-order valence-electron chi connectivity index (χ4n) is 1.52. The lowest BCUT2D eigenvalue weighted by Crippen LogP contribution is -2.26. The van der Waals surface area contributed by atoms with Gasteiger partial charge in [-0.1, -0.05) is 36.4 Å². The van der Waals surface area contributed by atoms with Crippen LogP contribution in [0.5, 0.6) is 0 Å². The predicted molar refractivity (Wildman–Crippen MR) is 65.6 cm³/mol. The lowest BCUT2D eigenvalue weighted by atomic mass is 10.2. The van der Waals surface area contributed by atoms with Gasteiger partial charge in [-0.05, 0) is 5.56 Å². The predicted octanol–water partition coefficient (Wildman–Crippen LogP) is 1.12. The highest BCUT2D eigenvalue weighted by molar-refractivity contribution is 5.79. The molecule has 0 atom stereocenters. The summed E-state index contributed by atoms with van der Waals surface area (Å²) in [7, 11) is 0. The summed E-state index contributed by atoms with van der Waals surface area (Å²) in [5.74, 6) is -0.950. The van der Waals surface area contributed by atoms with E-state index in [0.29, 0.717) is 19.6 Å². The molecule has 0 aliphatic heterocycles. The molecule has 0 radical (unpaired) electrons. The number of carbonyl (C=O) groups is 1. The molecule has 0 aromatic heterocycles. The average molecular weight is 235 g/mol. The van der Waals surface area contributed by atoms with Crippen LogP contribution in [-0.2, 0) is 11.3 Å². The van der Waals surface area contributed by atoms with Gasteiger partial charge in [0.2, 0.25) is 0 Å². The summed E-state index contributed by atoms with van der Waals surface area (Å²) in [4.78, 5) is 12.3. The second-order valence-corrected chi connectivity index (χ2v) is 3.68. The summed E-state index contributed by atoms with van der Waals surface area (Å²) in [6.45, 7) is 1.81. The molecule has 0 fully saturated rings. The van der Waals surface area contributed by atoms with Gasteiger partial charge >= 0.3 is 5.97 Å². The zero-order valence-corrected chi connectivity index (χ0v) is 9.62. The Morgan fingerprint density at radius 3 is 2.59 bits per heavy atom. The molecule has 0 spiro atoms. The fourth-order valence-corrected chi connectivity index (χ4v) is 1.52. The van der Waals surface area contributed by atoms with Gasteiger partial charge in [-0.25, -0.2) is 4.79 Å². The molecule has 0 amide bonds. The van der Waals surface area contributed by atoms with Crippen molar-refractivity contribution < 1.29 is 15.0 Å². The Kier molecular flexibility index (Phi) is 5.99. The SMILES string of the molecule is O=C(O)/C=C/CN(CCO)Cc1ccccc1. The molecule has 0 saturated carbocycles. The molecule has 2 N–H and O–H groups in total. The molecule has 0 heterocycles. The Labute approximate surface area is 101 Å². The van der Waals surface area contributed by atoms with E-state index >= 15 is 0 Å². The first-order valence-electron chi connectivity index (χ1n) is 5.49. The maximum Gasteiger partial charge on any atom is 0.328 e. The standard InChI is InChI=1S/C13H17NO3/c15-10-9-14(8-4-7-13(16)17)11-12-5-2-1-3-6-12/h1-7,15H,8-11H2,(H,16,17)/b7-4+. The van der Waals surface area contributed by atoms with E-state index in [-0.39, 0.29) is 6.61 Å². The molecular formula is C13H17NO3. The molecule has 0 saturated heterocycles. The van der Waals surface area contributed by atoms with Gasteiger partial charge in [0.1, 0.15) is 0 Å². The van der Waals surface area contributed by atoms with Crippen molar-refractivity contribution in [2.75, 3.05) is 19.7 Å². The van der Waals surface area contributed by atoms with E-state index in [9.17, 15) is 4.79 Å². The van der Waals surface area contributed by atoms with Crippen LogP contribution in [0.25, 0.3) is 0 Å². The molecule has 0 unspecified atom stereocenters. The second-order valence-electron chi connectivity index (χ2n) is 3.68. The number of rotatable bonds is 7. The van der Waals surface area contributed by atoms with Gasteiger partial charge in [0.05, 0.1) is 6.61 Å². The second kappa shape index (κ2) is 7.60. The number of aliphatic hydroxyl groups excluding tert-OH is 1. The molecule has 17 heavy (non-hydrogen) atoms. The topological polar surface area (TPSA) is 60.8 Å². The largest absolute Gasteiger partial charge is 0.478 e. The zero-order valence-electron chi connectivity index (χ0n) is 9.62. The molecule has 0 bridgehead atoms. The van der Waals surface area contributed by atoms with E-state index in [4.69, 9.17) is 10.2 Å². The molecule has 92 valence electrons. The number of carboxylic acids is 1. The number of benzene rings is 1. The van der Waals surface area contributed by atoms with Crippen LogP contribution in [0.15, 0.2) is 42.5 Å². The molecule has 0 aliphatic rings. The molecule has 4 nitrogen and oxygen atoms in total. The van der Waals surface area contributed by atoms with Crippen molar-refractivity contribution in [1.29, 1.82) is 0 Å². The highest BCUT2D eigenvalue weighted by Crippen LogP contribution is 2.03. The van der Waals surface area contributed by atoms with E-state index in [2.05, 4.69) is 0 Å². The average Bonchev–Trinajstić information content (AvgIpc) is 2.30. The Morgan fingerprint density at radius 2 is 2.00 bits per heavy atom. The van der Waals surface area contributed by atoms with E-state index in [1.54, 1.807) is 6.08 Å². The molecule has 1 aromatic rings. The molecular weight excluding hydrogens is 218 g/mol. The van der Waals surface area contributed by atoms with Gasteiger partial charge < -0.3 is 10.2 Å². The first kappa shape index (κ1) is 13.4. The number of hydrogen-bond donors (Lipinski definition) is 2. The zero-order chi connectivity index (χ0) is 12.5. The maximum absolute atomic E-state index is 10.3. The number of aliphatic carboxylic acids is 1. The molecule has 1 rings (SSSR count). The van der Waals surface area contributed by atoms with Crippen molar-refractivity contribution in [1.82, 2.24) is 4.90 Å². The lowest BCUT2D eigenvalue weighted by molar-refractivity contribution is -0.131. The summed E-state index contributed by atoms with van der Waals surface area (Å²) in [6, 6.07) is 9.87. The fraction of sp³-hybridized carbons (Fsp3) is 0.308. The summed E-state index contributed by atoms with van der Waals surface area (Å²) >= 11 is 0. The van der Waals surface area contributed by atoms with Crippen molar-refractivity contribution in [3.8, 4) is 0 Å². The van der Waals surface area contributed by atoms with Crippen LogP contribution < -0.4 is 0 Å². The summed E-state index contributed by atoms with van der Waals surface area (Å²) < 4.78 is 0. The van der Waals surface area contributed by atoms with Crippen molar-refractivity contribution in [2.24, 2.45) is 0 Å². The minimum absolute atomic E-state index is 0.0632. The quantitative estimate of drug-likeness (QED) is 0.695. The van der Waals surface area contributed by atoms with Crippen LogP contribution >= 0.6 is 0 Å². The summed E-state index contributed by atoms with van der Waals surface area (Å²) in [5, 5.41) is 17.4. The van der Waals surface area contributed by atoms with E-state index in [0.717, 1.165) is 11.6 Å².